The first-order valence-corrected chi connectivity index (χ1v) is 7.05. The van der Waals surface area contributed by atoms with Gasteiger partial charge in [0.05, 0.1) is 17.8 Å². The fraction of sp³-hybridized carbons (Fsp3) is 0.733. The molecule has 3 heteroatoms. The number of rotatable bonds is 4. The topological polar surface area (TPSA) is 34.4 Å². The number of ether oxygens (including phenoxy) is 1. The van der Waals surface area contributed by atoms with Gasteiger partial charge >= 0.3 is 0 Å². The van der Waals surface area contributed by atoms with Crippen LogP contribution >= 0.6 is 0 Å². The average Bonchev–Trinajstić information content (AvgIpc) is 2.97. The molecule has 3 rings (SSSR count). The molecule has 2 unspecified atom stereocenters. The summed E-state index contributed by atoms with van der Waals surface area (Å²) in [5.41, 5.74) is 1.10. The van der Waals surface area contributed by atoms with Crippen molar-refractivity contribution in [2.75, 3.05) is 0 Å². The van der Waals surface area contributed by atoms with Crippen molar-refractivity contribution in [1.82, 2.24) is 4.57 Å². The highest BCUT2D eigenvalue weighted by Crippen LogP contribution is 2.41. The summed E-state index contributed by atoms with van der Waals surface area (Å²) in [6.07, 6.45) is 8.82. The minimum absolute atomic E-state index is 0.0359. The van der Waals surface area contributed by atoms with Gasteiger partial charge in [-0.15, -0.1) is 0 Å². The number of hydrogen-bond donors (Lipinski definition) is 1. The molecule has 1 N–H and O–H groups in total. The Morgan fingerprint density at radius 3 is 2.83 bits per heavy atom. The minimum atomic E-state index is -0.257. The molecule has 1 saturated carbocycles. The van der Waals surface area contributed by atoms with Crippen molar-refractivity contribution in [2.45, 2.75) is 63.9 Å². The van der Waals surface area contributed by atoms with E-state index in [-0.39, 0.29) is 11.7 Å². The number of aromatic nitrogens is 1. The van der Waals surface area contributed by atoms with Gasteiger partial charge < -0.3 is 14.4 Å². The molecule has 0 spiro atoms. The largest absolute Gasteiger partial charge is 0.388 e. The summed E-state index contributed by atoms with van der Waals surface area (Å²) in [5.74, 6) is 0.502. The maximum Gasteiger partial charge on any atom is 0.0832 e. The van der Waals surface area contributed by atoms with E-state index in [0.717, 1.165) is 24.9 Å². The number of hydrogen-bond acceptors (Lipinski definition) is 2. The number of nitrogens with zero attached hydrogens (tertiary/aromatic N) is 1. The van der Waals surface area contributed by atoms with E-state index in [1.54, 1.807) is 0 Å². The van der Waals surface area contributed by atoms with Crippen LogP contribution in [0.25, 0.3) is 0 Å². The van der Waals surface area contributed by atoms with Crippen molar-refractivity contribution >= 4 is 0 Å². The fourth-order valence-electron chi connectivity index (χ4n) is 2.87. The minimum Gasteiger partial charge on any atom is -0.388 e. The van der Waals surface area contributed by atoms with Gasteiger partial charge in [0.15, 0.2) is 0 Å². The van der Waals surface area contributed by atoms with Gasteiger partial charge in [0.2, 0.25) is 0 Å². The summed E-state index contributed by atoms with van der Waals surface area (Å²) in [4.78, 5) is 0. The lowest BCUT2D eigenvalue weighted by Gasteiger charge is -2.19. The summed E-state index contributed by atoms with van der Waals surface area (Å²) in [5, 5.41) is 10.1. The Hall–Kier alpha value is -0.800. The van der Waals surface area contributed by atoms with Gasteiger partial charge in [-0.25, -0.2) is 0 Å². The molecule has 2 aliphatic rings. The van der Waals surface area contributed by atoms with Crippen molar-refractivity contribution < 1.29 is 9.84 Å². The van der Waals surface area contributed by atoms with Crippen LogP contribution in [0.1, 0.15) is 51.2 Å². The lowest BCUT2D eigenvalue weighted by molar-refractivity contribution is -0.0216. The second-order valence-corrected chi connectivity index (χ2v) is 6.46. The van der Waals surface area contributed by atoms with E-state index in [1.807, 2.05) is 6.07 Å². The highest BCUT2D eigenvalue weighted by Gasteiger charge is 2.33. The van der Waals surface area contributed by atoms with Crippen LogP contribution in [0.3, 0.4) is 0 Å². The average molecular weight is 249 g/mol. The Bertz CT molecular complexity index is 420. The zero-order chi connectivity index (χ0) is 12.8. The van der Waals surface area contributed by atoms with Crippen LogP contribution in [0.4, 0.5) is 0 Å². The first kappa shape index (κ1) is 12.2. The summed E-state index contributed by atoms with van der Waals surface area (Å²) < 4.78 is 8.16. The molecule has 1 aromatic rings. The first-order valence-electron chi connectivity index (χ1n) is 7.05. The third kappa shape index (κ3) is 2.62. The van der Waals surface area contributed by atoms with Crippen LogP contribution in [-0.2, 0) is 11.3 Å². The van der Waals surface area contributed by atoms with E-state index in [4.69, 9.17) is 4.74 Å². The van der Waals surface area contributed by atoms with Gasteiger partial charge in [-0.3, -0.25) is 0 Å². The van der Waals surface area contributed by atoms with Crippen molar-refractivity contribution in [3.05, 3.63) is 24.0 Å². The maximum atomic E-state index is 10.1. The standard InChI is InChI=1S/C15H23NO2/c1-15(2)7-5-13(18-15)10-16-8-6-12(9-16)14(17)11-3-4-11/h6,8-9,11,13-14,17H,3-5,7,10H2,1-2H3. The zero-order valence-corrected chi connectivity index (χ0v) is 11.3. The SMILES string of the molecule is CC1(C)CCC(Cn2ccc(C(O)C3CC3)c2)O1. The predicted octanol–water partition coefficient (Wildman–Crippen LogP) is 2.89. The lowest BCUT2D eigenvalue weighted by atomic mass is 10.1. The van der Waals surface area contributed by atoms with E-state index in [2.05, 4.69) is 30.8 Å². The maximum absolute atomic E-state index is 10.1. The molecule has 0 amide bonds. The fourth-order valence-corrected chi connectivity index (χ4v) is 2.87. The van der Waals surface area contributed by atoms with E-state index in [1.165, 1.54) is 12.8 Å². The summed E-state index contributed by atoms with van der Waals surface area (Å²) in [6, 6.07) is 2.04. The molecular formula is C15H23NO2. The van der Waals surface area contributed by atoms with Crippen LogP contribution in [-0.4, -0.2) is 21.4 Å². The normalized spacial score (nSPS) is 28.5. The van der Waals surface area contributed by atoms with Gasteiger partial charge in [-0.1, -0.05) is 0 Å². The second-order valence-electron chi connectivity index (χ2n) is 6.46. The second kappa shape index (κ2) is 4.39. The van der Waals surface area contributed by atoms with E-state index < -0.39 is 0 Å². The number of aliphatic hydroxyl groups is 1. The molecular weight excluding hydrogens is 226 g/mol. The van der Waals surface area contributed by atoms with Gasteiger partial charge in [-0.2, -0.15) is 0 Å². The molecule has 0 aromatic carbocycles. The Labute approximate surface area is 109 Å². The van der Waals surface area contributed by atoms with Crippen LogP contribution in [0.5, 0.6) is 0 Å². The molecule has 18 heavy (non-hydrogen) atoms. The van der Waals surface area contributed by atoms with Crippen LogP contribution < -0.4 is 0 Å². The molecule has 2 heterocycles. The van der Waals surface area contributed by atoms with Gasteiger partial charge in [0, 0.05) is 18.9 Å². The third-order valence-corrected chi connectivity index (χ3v) is 4.15. The van der Waals surface area contributed by atoms with E-state index >= 15 is 0 Å². The van der Waals surface area contributed by atoms with Crippen molar-refractivity contribution in [3.63, 3.8) is 0 Å². The van der Waals surface area contributed by atoms with Crippen LogP contribution in [0, 0.1) is 5.92 Å². The summed E-state index contributed by atoms with van der Waals surface area (Å²) in [7, 11) is 0. The molecule has 2 atom stereocenters. The first-order chi connectivity index (χ1) is 8.53. The van der Waals surface area contributed by atoms with Gasteiger partial charge in [-0.05, 0) is 57.1 Å². The molecule has 1 saturated heterocycles. The smallest absolute Gasteiger partial charge is 0.0832 e. The third-order valence-electron chi connectivity index (χ3n) is 4.15. The Morgan fingerprint density at radius 1 is 1.44 bits per heavy atom. The molecule has 1 aliphatic heterocycles. The summed E-state index contributed by atoms with van der Waals surface area (Å²) in [6.45, 7) is 5.22. The predicted molar refractivity (Wildman–Crippen MR) is 70.3 cm³/mol. The molecule has 2 fully saturated rings. The van der Waals surface area contributed by atoms with Crippen molar-refractivity contribution in [3.8, 4) is 0 Å². The summed E-state index contributed by atoms with van der Waals surface area (Å²) >= 11 is 0. The molecule has 1 aliphatic carbocycles. The molecule has 0 radical (unpaired) electrons. The highest BCUT2D eigenvalue weighted by atomic mass is 16.5. The van der Waals surface area contributed by atoms with Gasteiger partial charge in [0.1, 0.15) is 0 Å². The van der Waals surface area contributed by atoms with E-state index in [0.29, 0.717) is 12.0 Å². The number of aliphatic hydroxyl groups excluding tert-OH is 1. The monoisotopic (exact) mass is 249 g/mol. The molecule has 0 bridgehead atoms. The molecule has 3 nitrogen and oxygen atoms in total. The molecule has 1 aromatic heterocycles. The zero-order valence-electron chi connectivity index (χ0n) is 11.3. The quantitative estimate of drug-likeness (QED) is 0.890. The van der Waals surface area contributed by atoms with Crippen LogP contribution in [0.15, 0.2) is 18.5 Å². The van der Waals surface area contributed by atoms with Crippen molar-refractivity contribution in [1.29, 1.82) is 0 Å². The Balaban J connectivity index is 1.60. The lowest BCUT2D eigenvalue weighted by Crippen LogP contribution is -2.22. The Morgan fingerprint density at radius 2 is 2.22 bits per heavy atom. The van der Waals surface area contributed by atoms with E-state index in [9.17, 15) is 5.11 Å². The van der Waals surface area contributed by atoms with Crippen molar-refractivity contribution in [2.24, 2.45) is 5.92 Å². The highest BCUT2D eigenvalue weighted by molar-refractivity contribution is 5.16. The van der Waals surface area contributed by atoms with Gasteiger partial charge in [0.25, 0.3) is 0 Å². The Kier molecular flexibility index (Phi) is 2.99. The molecule has 100 valence electrons. The van der Waals surface area contributed by atoms with Crippen LogP contribution in [0.2, 0.25) is 0 Å².